The normalized spacial score (nSPS) is 11.9. The molecule has 3 N–H and O–H groups in total. The van der Waals surface area contributed by atoms with Crippen molar-refractivity contribution in [1.82, 2.24) is 5.32 Å². The van der Waals surface area contributed by atoms with Gasteiger partial charge in [-0.25, -0.2) is 8.78 Å². The quantitative estimate of drug-likeness (QED) is 0.806. The fourth-order valence-electron chi connectivity index (χ4n) is 1.66. The molecule has 1 unspecified atom stereocenters. The van der Waals surface area contributed by atoms with E-state index in [-0.39, 0.29) is 23.0 Å². The van der Waals surface area contributed by atoms with Crippen LogP contribution in [0.15, 0.2) is 18.2 Å². The molecule has 110 valence electrons. The van der Waals surface area contributed by atoms with Gasteiger partial charge >= 0.3 is 0 Å². The first-order valence-corrected chi connectivity index (χ1v) is 7.19. The van der Waals surface area contributed by atoms with E-state index in [9.17, 15) is 18.4 Å². The maximum absolute atomic E-state index is 13.6. The molecule has 0 bridgehead atoms. The van der Waals surface area contributed by atoms with E-state index in [4.69, 9.17) is 5.73 Å². The standard InChI is InChI=1S/C13H16F2N2O2S/c1-2-11(9-5-8(14)3-4-10(9)15)17-13(19)7-20-6-12(16)18/h3-5,11H,2,6-7H2,1H3,(H2,16,18)(H,17,19). The SMILES string of the molecule is CCC(NC(=O)CSCC(N)=O)c1cc(F)ccc1F. The fraction of sp³-hybridized carbons (Fsp3) is 0.385. The van der Waals surface area contributed by atoms with Crippen LogP contribution < -0.4 is 11.1 Å². The first kappa shape index (κ1) is 16.4. The molecule has 1 rings (SSSR count). The van der Waals surface area contributed by atoms with E-state index in [1.54, 1.807) is 6.92 Å². The van der Waals surface area contributed by atoms with Crippen molar-refractivity contribution in [2.24, 2.45) is 5.73 Å². The van der Waals surface area contributed by atoms with Gasteiger partial charge in [0.1, 0.15) is 11.6 Å². The number of primary amides is 1. The summed E-state index contributed by atoms with van der Waals surface area (Å²) in [4.78, 5) is 22.2. The summed E-state index contributed by atoms with van der Waals surface area (Å²) in [5.41, 5.74) is 5.06. The maximum Gasteiger partial charge on any atom is 0.230 e. The van der Waals surface area contributed by atoms with Gasteiger partial charge in [-0.05, 0) is 24.6 Å². The molecule has 0 saturated heterocycles. The van der Waals surface area contributed by atoms with Crippen molar-refractivity contribution in [3.05, 3.63) is 35.4 Å². The first-order chi connectivity index (χ1) is 9.43. The van der Waals surface area contributed by atoms with E-state index < -0.39 is 23.6 Å². The highest BCUT2D eigenvalue weighted by atomic mass is 32.2. The second-order valence-corrected chi connectivity index (χ2v) is 5.14. The lowest BCUT2D eigenvalue weighted by atomic mass is 10.0. The van der Waals surface area contributed by atoms with Gasteiger partial charge in [-0.1, -0.05) is 6.92 Å². The van der Waals surface area contributed by atoms with E-state index in [0.29, 0.717) is 6.42 Å². The molecular formula is C13H16F2N2O2S. The van der Waals surface area contributed by atoms with Crippen molar-refractivity contribution in [3.63, 3.8) is 0 Å². The number of carbonyl (C=O) groups is 2. The highest BCUT2D eigenvalue weighted by Gasteiger charge is 2.17. The minimum atomic E-state index is -0.604. The second kappa shape index (κ2) is 7.84. The molecule has 0 heterocycles. The van der Waals surface area contributed by atoms with Gasteiger partial charge < -0.3 is 11.1 Å². The van der Waals surface area contributed by atoms with Crippen molar-refractivity contribution in [2.45, 2.75) is 19.4 Å². The lowest BCUT2D eigenvalue weighted by molar-refractivity contribution is -0.119. The van der Waals surface area contributed by atoms with Crippen LogP contribution in [0.25, 0.3) is 0 Å². The maximum atomic E-state index is 13.6. The summed E-state index contributed by atoms with van der Waals surface area (Å²) in [6, 6.07) is 2.52. The van der Waals surface area contributed by atoms with Crippen molar-refractivity contribution < 1.29 is 18.4 Å². The number of carbonyl (C=O) groups excluding carboxylic acids is 2. The lowest BCUT2D eigenvalue weighted by Crippen LogP contribution is -2.30. The minimum Gasteiger partial charge on any atom is -0.369 e. The monoisotopic (exact) mass is 302 g/mol. The second-order valence-electron chi connectivity index (χ2n) is 4.15. The summed E-state index contributed by atoms with van der Waals surface area (Å²) >= 11 is 1.07. The molecular weight excluding hydrogens is 286 g/mol. The average Bonchev–Trinajstić information content (AvgIpc) is 2.38. The highest BCUT2D eigenvalue weighted by Crippen LogP contribution is 2.21. The largest absolute Gasteiger partial charge is 0.369 e. The highest BCUT2D eigenvalue weighted by molar-refractivity contribution is 8.00. The van der Waals surface area contributed by atoms with Crippen LogP contribution in [0.4, 0.5) is 8.78 Å². The Morgan fingerprint density at radius 1 is 1.35 bits per heavy atom. The van der Waals surface area contributed by atoms with E-state index in [1.807, 2.05) is 0 Å². The molecule has 0 spiro atoms. The van der Waals surface area contributed by atoms with Crippen LogP contribution in [-0.2, 0) is 9.59 Å². The Morgan fingerprint density at radius 2 is 2.05 bits per heavy atom. The number of benzene rings is 1. The molecule has 0 aliphatic rings. The lowest BCUT2D eigenvalue weighted by Gasteiger charge is -2.18. The molecule has 0 aromatic heterocycles. The number of amides is 2. The van der Waals surface area contributed by atoms with Gasteiger partial charge in [0.15, 0.2) is 0 Å². The molecule has 0 fully saturated rings. The van der Waals surface area contributed by atoms with Gasteiger partial charge in [0.05, 0.1) is 17.5 Å². The van der Waals surface area contributed by atoms with Crippen LogP contribution in [-0.4, -0.2) is 23.3 Å². The number of nitrogens with two attached hydrogens (primary N) is 1. The van der Waals surface area contributed by atoms with Crippen molar-refractivity contribution in [3.8, 4) is 0 Å². The molecule has 1 atom stereocenters. The summed E-state index contributed by atoms with van der Waals surface area (Å²) in [6.45, 7) is 1.76. The van der Waals surface area contributed by atoms with E-state index in [1.165, 1.54) is 0 Å². The Hall–Kier alpha value is -1.63. The molecule has 1 aromatic carbocycles. The predicted octanol–water partition coefficient (Wildman–Crippen LogP) is 1.75. The van der Waals surface area contributed by atoms with E-state index >= 15 is 0 Å². The summed E-state index contributed by atoms with van der Waals surface area (Å²) in [7, 11) is 0. The molecule has 0 aliphatic carbocycles. The topological polar surface area (TPSA) is 72.2 Å². The minimum absolute atomic E-state index is 0.0381. The molecule has 0 saturated carbocycles. The number of hydrogen-bond acceptors (Lipinski definition) is 3. The Morgan fingerprint density at radius 3 is 2.65 bits per heavy atom. The molecule has 0 aliphatic heterocycles. The first-order valence-electron chi connectivity index (χ1n) is 6.04. The predicted molar refractivity (Wildman–Crippen MR) is 74.1 cm³/mol. The zero-order chi connectivity index (χ0) is 15.1. The fourth-order valence-corrected chi connectivity index (χ4v) is 2.23. The van der Waals surface area contributed by atoms with Crippen molar-refractivity contribution >= 4 is 23.6 Å². The number of nitrogens with one attached hydrogen (secondary N) is 1. The molecule has 0 radical (unpaired) electrons. The zero-order valence-corrected chi connectivity index (χ0v) is 11.8. The molecule has 2 amide bonds. The molecule has 1 aromatic rings. The van der Waals surface area contributed by atoms with Crippen LogP contribution >= 0.6 is 11.8 Å². The number of rotatable bonds is 7. The molecule has 4 nitrogen and oxygen atoms in total. The van der Waals surface area contributed by atoms with Gasteiger partial charge in [0, 0.05) is 5.56 Å². The van der Waals surface area contributed by atoms with Gasteiger partial charge in [0.2, 0.25) is 11.8 Å². The summed E-state index contributed by atoms with van der Waals surface area (Å²) in [6.07, 6.45) is 0.423. The number of hydrogen-bond donors (Lipinski definition) is 2. The summed E-state index contributed by atoms with van der Waals surface area (Å²) < 4.78 is 26.8. The number of thioether (sulfide) groups is 1. The molecule has 20 heavy (non-hydrogen) atoms. The van der Waals surface area contributed by atoms with Crippen LogP contribution in [0.1, 0.15) is 24.9 Å². The molecule has 7 heteroatoms. The number of halogens is 2. The van der Waals surface area contributed by atoms with E-state index in [0.717, 1.165) is 30.0 Å². The van der Waals surface area contributed by atoms with Crippen LogP contribution in [0, 0.1) is 11.6 Å². The smallest absolute Gasteiger partial charge is 0.230 e. The zero-order valence-electron chi connectivity index (χ0n) is 11.0. The van der Waals surface area contributed by atoms with Crippen LogP contribution in [0.2, 0.25) is 0 Å². The van der Waals surface area contributed by atoms with Gasteiger partial charge in [-0.15, -0.1) is 11.8 Å². The van der Waals surface area contributed by atoms with Gasteiger partial charge in [-0.3, -0.25) is 9.59 Å². The van der Waals surface area contributed by atoms with Crippen molar-refractivity contribution in [1.29, 1.82) is 0 Å². The van der Waals surface area contributed by atoms with Gasteiger partial charge in [0.25, 0.3) is 0 Å². The van der Waals surface area contributed by atoms with Crippen LogP contribution in [0.5, 0.6) is 0 Å². The average molecular weight is 302 g/mol. The third-order valence-electron chi connectivity index (χ3n) is 2.55. The third kappa shape index (κ3) is 5.16. The Kier molecular flexibility index (Phi) is 6.44. The van der Waals surface area contributed by atoms with Crippen LogP contribution in [0.3, 0.4) is 0 Å². The Bertz CT molecular complexity index is 497. The van der Waals surface area contributed by atoms with E-state index in [2.05, 4.69) is 5.32 Å². The van der Waals surface area contributed by atoms with Crippen molar-refractivity contribution in [2.75, 3.05) is 11.5 Å². The Labute approximate surface area is 120 Å². The summed E-state index contributed by atoms with van der Waals surface area (Å²) in [5.74, 6) is -1.91. The van der Waals surface area contributed by atoms with Gasteiger partial charge in [-0.2, -0.15) is 0 Å². The third-order valence-corrected chi connectivity index (χ3v) is 3.51. The summed E-state index contributed by atoms with van der Waals surface area (Å²) in [5, 5.41) is 2.61. The Balaban J connectivity index is 2.64.